The van der Waals surface area contributed by atoms with E-state index in [-0.39, 0.29) is 5.57 Å². The van der Waals surface area contributed by atoms with Crippen LogP contribution in [0.4, 0.5) is 5.69 Å². The highest BCUT2D eigenvalue weighted by Gasteiger charge is 2.11. The molecule has 0 saturated carbocycles. The minimum atomic E-state index is -0.500. The summed E-state index contributed by atoms with van der Waals surface area (Å²) in [7, 11) is 0. The van der Waals surface area contributed by atoms with Crippen LogP contribution in [0.2, 0.25) is 0 Å². The van der Waals surface area contributed by atoms with Gasteiger partial charge in [0.2, 0.25) is 0 Å². The molecule has 0 spiro atoms. The summed E-state index contributed by atoms with van der Waals surface area (Å²) < 4.78 is 11.1. The van der Waals surface area contributed by atoms with Gasteiger partial charge in [0.05, 0.1) is 6.61 Å². The van der Waals surface area contributed by atoms with E-state index in [1.54, 1.807) is 30.3 Å². The highest BCUT2D eigenvalue weighted by Crippen LogP contribution is 2.24. The minimum Gasteiger partial charge on any atom is -0.494 e. The molecule has 0 aliphatic carbocycles. The van der Waals surface area contributed by atoms with Gasteiger partial charge >= 0.3 is 0 Å². The first-order valence-electron chi connectivity index (χ1n) is 8.92. The predicted octanol–water partition coefficient (Wildman–Crippen LogP) is 5.20. The van der Waals surface area contributed by atoms with Crippen molar-refractivity contribution in [3.05, 3.63) is 77.6 Å². The van der Waals surface area contributed by atoms with Crippen LogP contribution in [0.5, 0.6) is 5.75 Å². The first-order chi connectivity index (χ1) is 13.6. The molecule has 0 fully saturated rings. The molecule has 0 atom stereocenters. The van der Waals surface area contributed by atoms with Crippen LogP contribution in [0, 0.1) is 18.3 Å². The molecule has 0 saturated heterocycles. The van der Waals surface area contributed by atoms with Crippen molar-refractivity contribution in [3.63, 3.8) is 0 Å². The molecule has 1 N–H and O–H groups in total. The number of nitrogens with one attached hydrogen (secondary N) is 1. The zero-order valence-corrected chi connectivity index (χ0v) is 15.7. The number of benzene rings is 2. The van der Waals surface area contributed by atoms with E-state index in [2.05, 4.69) is 5.32 Å². The van der Waals surface area contributed by atoms with Gasteiger partial charge in [0, 0.05) is 17.3 Å². The quantitative estimate of drug-likeness (QED) is 0.477. The SMILES string of the molecule is CCOc1ccc(NC(=O)/C(C#N)=C/c2ccc(-c3ccc(C)cc3)o2)cc1. The molecule has 1 aromatic heterocycles. The first kappa shape index (κ1) is 19.0. The lowest BCUT2D eigenvalue weighted by atomic mass is 10.1. The number of hydrogen-bond acceptors (Lipinski definition) is 4. The van der Waals surface area contributed by atoms with Gasteiger partial charge in [-0.1, -0.05) is 29.8 Å². The second-order valence-corrected chi connectivity index (χ2v) is 6.15. The van der Waals surface area contributed by atoms with Gasteiger partial charge in [-0.15, -0.1) is 0 Å². The second kappa shape index (κ2) is 8.74. The Morgan fingerprint density at radius 3 is 2.46 bits per heavy atom. The first-order valence-corrected chi connectivity index (χ1v) is 8.92. The van der Waals surface area contributed by atoms with Gasteiger partial charge in [0.25, 0.3) is 5.91 Å². The monoisotopic (exact) mass is 372 g/mol. The number of furan rings is 1. The predicted molar refractivity (Wildman–Crippen MR) is 109 cm³/mol. The van der Waals surface area contributed by atoms with E-state index in [1.807, 2.05) is 50.2 Å². The molecule has 1 heterocycles. The Morgan fingerprint density at radius 2 is 1.82 bits per heavy atom. The second-order valence-electron chi connectivity index (χ2n) is 6.15. The Hall–Kier alpha value is -3.78. The van der Waals surface area contributed by atoms with Gasteiger partial charge in [-0.25, -0.2) is 0 Å². The summed E-state index contributed by atoms with van der Waals surface area (Å²) in [5, 5.41) is 12.1. The van der Waals surface area contributed by atoms with Crippen LogP contribution in [0.3, 0.4) is 0 Å². The maximum Gasteiger partial charge on any atom is 0.266 e. The third-order valence-electron chi connectivity index (χ3n) is 4.04. The van der Waals surface area contributed by atoms with Gasteiger partial charge in [-0.2, -0.15) is 5.26 Å². The maximum absolute atomic E-state index is 12.4. The summed E-state index contributed by atoms with van der Waals surface area (Å²) >= 11 is 0. The lowest BCUT2D eigenvalue weighted by Crippen LogP contribution is -2.13. The van der Waals surface area contributed by atoms with Gasteiger partial charge < -0.3 is 14.5 Å². The normalized spacial score (nSPS) is 11.0. The highest BCUT2D eigenvalue weighted by atomic mass is 16.5. The highest BCUT2D eigenvalue weighted by molar-refractivity contribution is 6.09. The average molecular weight is 372 g/mol. The van der Waals surface area contributed by atoms with E-state index in [0.717, 1.165) is 16.9 Å². The van der Waals surface area contributed by atoms with E-state index < -0.39 is 5.91 Å². The number of ether oxygens (including phenoxy) is 1. The number of nitrogens with zero attached hydrogens (tertiary/aromatic N) is 1. The van der Waals surface area contributed by atoms with Crippen LogP contribution < -0.4 is 10.1 Å². The van der Waals surface area contributed by atoms with Gasteiger partial charge in [0.1, 0.15) is 28.9 Å². The zero-order chi connectivity index (χ0) is 19.9. The van der Waals surface area contributed by atoms with E-state index >= 15 is 0 Å². The Kier molecular flexibility index (Phi) is 5.93. The van der Waals surface area contributed by atoms with E-state index in [0.29, 0.717) is 23.8 Å². The van der Waals surface area contributed by atoms with Crippen molar-refractivity contribution >= 4 is 17.7 Å². The lowest BCUT2D eigenvalue weighted by molar-refractivity contribution is -0.112. The Labute approximate surface area is 163 Å². The third kappa shape index (κ3) is 4.68. The van der Waals surface area contributed by atoms with Crippen molar-refractivity contribution < 1.29 is 13.9 Å². The standard InChI is InChI=1S/C23H20N2O3/c1-3-27-20-10-8-19(9-11-20)25-23(26)18(15-24)14-21-12-13-22(28-21)17-6-4-16(2)5-7-17/h4-14H,3H2,1-2H3,(H,25,26)/b18-14+. The number of amides is 1. The molecule has 3 aromatic rings. The van der Waals surface area contributed by atoms with Crippen molar-refractivity contribution in [2.24, 2.45) is 0 Å². The Bertz CT molecular complexity index is 1020. The van der Waals surface area contributed by atoms with Crippen molar-refractivity contribution in [2.45, 2.75) is 13.8 Å². The number of anilines is 1. The van der Waals surface area contributed by atoms with Gasteiger partial charge in [0.15, 0.2) is 0 Å². The van der Waals surface area contributed by atoms with Crippen LogP contribution in [-0.4, -0.2) is 12.5 Å². The van der Waals surface area contributed by atoms with Crippen LogP contribution in [0.15, 0.2) is 70.7 Å². The smallest absolute Gasteiger partial charge is 0.266 e. The maximum atomic E-state index is 12.4. The summed E-state index contributed by atoms with van der Waals surface area (Å²) in [6.07, 6.45) is 1.43. The Morgan fingerprint density at radius 1 is 1.11 bits per heavy atom. The molecule has 28 heavy (non-hydrogen) atoms. The fourth-order valence-electron chi connectivity index (χ4n) is 2.59. The number of rotatable bonds is 6. The fourth-order valence-corrected chi connectivity index (χ4v) is 2.59. The largest absolute Gasteiger partial charge is 0.494 e. The van der Waals surface area contributed by atoms with Crippen molar-refractivity contribution in [1.82, 2.24) is 0 Å². The van der Waals surface area contributed by atoms with Gasteiger partial charge in [-0.3, -0.25) is 4.79 Å². The van der Waals surface area contributed by atoms with Crippen LogP contribution in [-0.2, 0) is 4.79 Å². The van der Waals surface area contributed by atoms with Crippen molar-refractivity contribution in [2.75, 3.05) is 11.9 Å². The van der Waals surface area contributed by atoms with E-state index in [9.17, 15) is 10.1 Å². The number of aryl methyl sites for hydroxylation is 1. The summed E-state index contributed by atoms with van der Waals surface area (Å²) in [5.74, 6) is 1.33. The third-order valence-corrected chi connectivity index (χ3v) is 4.04. The molecule has 0 bridgehead atoms. The molecule has 0 radical (unpaired) electrons. The molecule has 2 aromatic carbocycles. The van der Waals surface area contributed by atoms with Gasteiger partial charge in [-0.05, 0) is 50.2 Å². The molecule has 1 amide bonds. The van der Waals surface area contributed by atoms with Crippen LogP contribution in [0.1, 0.15) is 18.2 Å². The molecule has 5 heteroatoms. The lowest BCUT2D eigenvalue weighted by Gasteiger charge is -2.06. The topological polar surface area (TPSA) is 75.3 Å². The summed E-state index contributed by atoms with van der Waals surface area (Å²) in [5.41, 5.74) is 2.63. The minimum absolute atomic E-state index is 0.0429. The zero-order valence-electron chi connectivity index (χ0n) is 15.7. The van der Waals surface area contributed by atoms with Crippen molar-refractivity contribution in [3.8, 4) is 23.1 Å². The molecule has 0 unspecified atom stereocenters. The van der Waals surface area contributed by atoms with Crippen LogP contribution >= 0.6 is 0 Å². The molecule has 5 nitrogen and oxygen atoms in total. The van der Waals surface area contributed by atoms with E-state index in [1.165, 1.54) is 6.08 Å². The van der Waals surface area contributed by atoms with Crippen molar-refractivity contribution in [1.29, 1.82) is 5.26 Å². The number of hydrogen-bond donors (Lipinski definition) is 1. The molecule has 3 rings (SSSR count). The molecule has 0 aliphatic heterocycles. The average Bonchev–Trinajstić information content (AvgIpc) is 3.17. The summed E-state index contributed by atoms with van der Waals surface area (Å²) in [6.45, 7) is 4.49. The summed E-state index contributed by atoms with van der Waals surface area (Å²) in [4.78, 5) is 12.4. The fraction of sp³-hybridized carbons (Fsp3) is 0.130. The molecular weight excluding hydrogens is 352 g/mol. The number of nitriles is 1. The number of carbonyl (C=O) groups excluding carboxylic acids is 1. The molecule has 0 aliphatic rings. The molecular formula is C23H20N2O3. The van der Waals surface area contributed by atoms with Crippen LogP contribution in [0.25, 0.3) is 17.4 Å². The summed E-state index contributed by atoms with van der Waals surface area (Å²) in [6, 6.07) is 20.4. The molecule has 140 valence electrons. The van der Waals surface area contributed by atoms with E-state index in [4.69, 9.17) is 9.15 Å². The Balaban J connectivity index is 1.73. The number of carbonyl (C=O) groups is 1.